The first-order valence-corrected chi connectivity index (χ1v) is 7.54. The molecule has 2 rings (SSSR count). The number of hydrogen-bond donors (Lipinski definition) is 1. The van der Waals surface area contributed by atoms with E-state index >= 15 is 0 Å². The van der Waals surface area contributed by atoms with Gasteiger partial charge in [-0.05, 0) is 76.5 Å². The fourth-order valence-electron chi connectivity index (χ4n) is 3.83. The van der Waals surface area contributed by atoms with Crippen LogP contribution in [0.4, 0.5) is 0 Å². The molecule has 1 saturated heterocycles. The second-order valence-corrected chi connectivity index (χ2v) is 5.99. The van der Waals surface area contributed by atoms with Crippen LogP contribution < -0.4 is 5.32 Å². The molecule has 1 aliphatic heterocycles. The highest BCUT2D eigenvalue weighted by Crippen LogP contribution is 2.39. The van der Waals surface area contributed by atoms with Gasteiger partial charge in [-0.25, -0.2) is 0 Å². The van der Waals surface area contributed by atoms with Crippen molar-refractivity contribution in [3.8, 4) is 0 Å². The van der Waals surface area contributed by atoms with Crippen LogP contribution in [0.15, 0.2) is 12.1 Å². The Hall–Kier alpha value is -0.860. The SMILES string of the molecule is CCN1CCC(CNC)C1c1c(C)cc(C)cc1C. The summed E-state index contributed by atoms with van der Waals surface area (Å²) < 4.78 is 0. The van der Waals surface area contributed by atoms with Gasteiger partial charge < -0.3 is 5.32 Å². The molecule has 0 aromatic heterocycles. The average molecular weight is 260 g/mol. The molecule has 19 heavy (non-hydrogen) atoms. The highest BCUT2D eigenvalue weighted by molar-refractivity contribution is 5.40. The predicted octanol–water partition coefficient (Wildman–Crippen LogP) is 3.21. The minimum Gasteiger partial charge on any atom is -0.319 e. The molecular weight excluding hydrogens is 232 g/mol. The van der Waals surface area contributed by atoms with Crippen molar-refractivity contribution in [1.82, 2.24) is 10.2 Å². The molecule has 2 unspecified atom stereocenters. The fraction of sp³-hybridized carbons (Fsp3) is 0.647. The van der Waals surface area contributed by atoms with Gasteiger partial charge in [0, 0.05) is 6.04 Å². The summed E-state index contributed by atoms with van der Waals surface area (Å²) in [5, 5.41) is 3.38. The lowest BCUT2D eigenvalue weighted by Crippen LogP contribution is -2.30. The van der Waals surface area contributed by atoms with Crippen LogP contribution in [0, 0.1) is 26.7 Å². The summed E-state index contributed by atoms with van der Waals surface area (Å²) in [6.07, 6.45) is 1.31. The predicted molar refractivity (Wildman–Crippen MR) is 82.7 cm³/mol. The third kappa shape index (κ3) is 2.85. The third-order valence-electron chi connectivity index (χ3n) is 4.53. The van der Waals surface area contributed by atoms with Crippen LogP contribution in [-0.2, 0) is 0 Å². The van der Waals surface area contributed by atoms with Crippen LogP contribution in [-0.4, -0.2) is 31.6 Å². The number of rotatable bonds is 4. The fourth-order valence-corrected chi connectivity index (χ4v) is 3.83. The first kappa shape index (κ1) is 14.5. The van der Waals surface area contributed by atoms with Crippen LogP contribution in [0.25, 0.3) is 0 Å². The lowest BCUT2D eigenvalue weighted by atomic mass is 9.87. The van der Waals surface area contributed by atoms with Gasteiger partial charge in [-0.2, -0.15) is 0 Å². The Kier molecular flexibility index (Phi) is 4.64. The summed E-state index contributed by atoms with van der Waals surface area (Å²) in [6, 6.07) is 5.27. The zero-order chi connectivity index (χ0) is 14.0. The van der Waals surface area contributed by atoms with Gasteiger partial charge in [0.25, 0.3) is 0 Å². The highest BCUT2D eigenvalue weighted by atomic mass is 15.2. The van der Waals surface area contributed by atoms with Crippen molar-refractivity contribution < 1.29 is 0 Å². The van der Waals surface area contributed by atoms with Gasteiger partial charge in [0.05, 0.1) is 0 Å². The number of benzene rings is 1. The van der Waals surface area contributed by atoms with E-state index in [1.165, 1.54) is 29.7 Å². The van der Waals surface area contributed by atoms with Crippen LogP contribution in [0.1, 0.15) is 41.6 Å². The maximum Gasteiger partial charge on any atom is 0.0394 e. The van der Waals surface area contributed by atoms with E-state index in [-0.39, 0.29) is 0 Å². The van der Waals surface area contributed by atoms with E-state index in [1.807, 2.05) is 0 Å². The van der Waals surface area contributed by atoms with E-state index < -0.39 is 0 Å². The van der Waals surface area contributed by atoms with Gasteiger partial charge in [-0.15, -0.1) is 0 Å². The molecule has 0 amide bonds. The van der Waals surface area contributed by atoms with Gasteiger partial charge >= 0.3 is 0 Å². The molecule has 1 aromatic carbocycles. The van der Waals surface area contributed by atoms with E-state index in [9.17, 15) is 0 Å². The Morgan fingerprint density at radius 2 is 1.84 bits per heavy atom. The molecular formula is C17H28N2. The Labute approximate surface area is 118 Å². The monoisotopic (exact) mass is 260 g/mol. The zero-order valence-corrected chi connectivity index (χ0v) is 13.1. The van der Waals surface area contributed by atoms with Gasteiger partial charge in [-0.1, -0.05) is 24.6 Å². The Bertz CT molecular complexity index is 416. The summed E-state index contributed by atoms with van der Waals surface area (Å²) >= 11 is 0. The van der Waals surface area contributed by atoms with Crippen LogP contribution in [0.2, 0.25) is 0 Å². The summed E-state index contributed by atoms with van der Waals surface area (Å²) in [7, 11) is 2.07. The molecule has 0 spiro atoms. The Morgan fingerprint density at radius 1 is 1.21 bits per heavy atom. The second kappa shape index (κ2) is 6.06. The lowest BCUT2D eigenvalue weighted by Gasteiger charge is -2.30. The van der Waals surface area contributed by atoms with E-state index in [1.54, 1.807) is 5.56 Å². The molecule has 106 valence electrons. The summed E-state index contributed by atoms with van der Waals surface area (Å²) in [5.74, 6) is 0.741. The Morgan fingerprint density at radius 3 is 2.37 bits per heavy atom. The second-order valence-electron chi connectivity index (χ2n) is 5.99. The van der Waals surface area contributed by atoms with Gasteiger partial charge in [0.1, 0.15) is 0 Å². The van der Waals surface area contributed by atoms with Crippen LogP contribution in [0.5, 0.6) is 0 Å². The number of aryl methyl sites for hydroxylation is 3. The topological polar surface area (TPSA) is 15.3 Å². The maximum absolute atomic E-state index is 3.38. The van der Waals surface area contributed by atoms with Crippen molar-refractivity contribution in [1.29, 1.82) is 0 Å². The molecule has 1 aromatic rings. The lowest BCUT2D eigenvalue weighted by molar-refractivity contribution is 0.236. The van der Waals surface area contributed by atoms with Crippen molar-refractivity contribution in [3.63, 3.8) is 0 Å². The molecule has 0 saturated carbocycles. The molecule has 2 nitrogen and oxygen atoms in total. The van der Waals surface area contributed by atoms with Crippen molar-refractivity contribution in [2.45, 2.75) is 40.2 Å². The van der Waals surface area contributed by atoms with Gasteiger partial charge in [0.2, 0.25) is 0 Å². The standard InChI is InChI=1S/C17H28N2/c1-6-19-8-7-15(11-18-5)17(19)16-13(3)9-12(2)10-14(16)4/h9-10,15,17-18H,6-8,11H2,1-5H3. The van der Waals surface area contributed by atoms with E-state index in [2.05, 4.69) is 57.1 Å². The minimum atomic E-state index is 0.595. The zero-order valence-electron chi connectivity index (χ0n) is 13.1. The smallest absolute Gasteiger partial charge is 0.0394 e. The molecule has 2 heteroatoms. The quantitative estimate of drug-likeness (QED) is 0.894. The molecule has 1 heterocycles. The molecule has 0 aliphatic carbocycles. The first-order valence-electron chi connectivity index (χ1n) is 7.54. The van der Waals surface area contributed by atoms with Crippen LogP contribution in [0.3, 0.4) is 0 Å². The molecule has 0 bridgehead atoms. The summed E-state index contributed by atoms with van der Waals surface area (Å²) in [5.41, 5.74) is 5.88. The Balaban J connectivity index is 2.41. The summed E-state index contributed by atoms with van der Waals surface area (Å²) in [4.78, 5) is 2.65. The maximum atomic E-state index is 3.38. The molecule has 0 radical (unpaired) electrons. The number of nitrogens with zero attached hydrogens (tertiary/aromatic N) is 1. The summed E-state index contributed by atoms with van der Waals surface area (Å²) in [6.45, 7) is 12.5. The van der Waals surface area contributed by atoms with Gasteiger partial charge in [-0.3, -0.25) is 4.90 Å². The number of hydrogen-bond acceptors (Lipinski definition) is 2. The van der Waals surface area contributed by atoms with E-state index in [4.69, 9.17) is 0 Å². The van der Waals surface area contributed by atoms with Crippen molar-refractivity contribution >= 4 is 0 Å². The van der Waals surface area contributed by atoms with Crippen molar-refractivity contribution in [2.24, 2.45) is 5.92 Å². The minimum absolute atomic E-state index is 0.595. The number of likely N-dealkylation sites (tertiary alicyclic amines) is 1. The van der Waals surface area contributed by atoms with Crippen LogP contribution >= 0.6 is 0 Å². The largest absolute Gasteiger partial charge is 0.319 e. The molecule has 1 fully saturated rings. The van der Waals surface area contributed by atoms with Crippen molar-refractivity contribution in [3.05, 3.63) is 34.4 Å². The molecule has 1 N–H and O–H groups in total. The van der Waals surface area contributed by atoms with E-state index in [0.717, 1.165) is 19.0 Å². The third-order valence-corrected chi connectivity index (χ3v) is 4.53. The van der Waals surface area contributed by atoms with Crippen molar-refractivity contribution in [2.75, 3.05) is 26.7 Å². The average Bonchev–Trinajstić information content (AvgIpc) is 2.72. The van der Waals surface area contributed by atoms with Gasteiger partial charge in [0.15, 0.2) is 0 Å². The number of nitrogens with one attached hydrogen (secondary N) is 1. The normalized spacial score (nSPS) is 24.1. The first-order chi connectivity index (χ1) is 9.08. The molecule has 1 aliphatic rings. The highest BCUT2D eigenvalue weighted by Gasteiger charge is 2.35. The van der Waals surface area contributed by atoms with E-state index in [0.29, 0.717) is 6.04 Å². The molecule has 2 atom stereocenters.